The van der Waals surface area contributed by atoms with Gasteiger partial charge in [0.1, 0.15) is 4.88 Å². The monoisotopic (exact) mass is 221 g/mol. The molecule has 0 bridgehead atoms. The summed E-state index contributed by atoms with van der Waals surface area (Å²) in [6, 6.07) is 4.39. The first-order valence-electron chi connectivity index (χ1n) is 4.18. The lowest BCUT2D eigenvalue weighted by Gasteiger charge is -1.94. The molecule has 0 radical (unpaired) electrons. The summed E-state index contributed by atoms with van der Waals surface area (Å²) in [5, 5.41) is 10.4. The van der Waals surface area contributed by atoms with Crippen LogP contribution >= 0.6 is 11.3 Å². The first kappa shape index (κ1) is 9.67. The molecular formula is C10H7NO3S. The molecule has 2 aromatic heterocycles. The minimum Gasteiger partial charge on any atom is -0.477 e. The molecule has 0 aliphatic heterocycles. The van der Waals surface area contributed by atoms with Crippen molar-refractivity contribution in [2.24, 2.45) is 0 Å². The molecule has 0 aromatic carbocycles. The molecule has 15 heavy (non-hydrogen) atoms. The molecule has 0 saturated carbocycles. The van der Waals surface area contributed by atoms with E-state index in [2.05, 4.69) is 4.98 Å². The molecule has 0 fully saturated rings. The molecule has 2 rings (SSSR count). The van der Waals surface area contributed by atoms with Gasteiger partial charge < -0.3 is 10.1 Å². The van der Waals surface area contributed by atoms with Crippen molar-refractivity contribution in [2.45, 2.75) is 0 Å². The number of carboxylic acids is 1. The van der Waals surface area contributed by atoms with E-state index >= 15 is 0 Å². The summed E-state index contributed by atoms with van der Waals surface area (Å²) in [6.45, 7) is 0. The van der Waals surface area contributed by atoms with Crippen LogP contribution in [0, 0.1) is 0 Å². The summed E-state index contributed by atoms with van der Waals surface area (Å²) in [4.78, 5) is 24.9. The van der Waals surface area contributed by atoms with Gasteiger partial charge in [0.15, 0.2) is 5.43 Å². The van der Waals surface area contributed by atoms with Gasteiger partial charge in [-0.15, -0.1) is 11.3 Å². The average molecular weight is 221 g/mol. The maximum Gasteiger partial charge on any atom is 0.345 e. The number of nitrogens with one attached hydrogen (secondary N) is 1. The van der Waals surface area contributed by atoms with Crippen molar-refractivity contribution in [2.75, 3.05) is 0 Å². The number of rotatable bonds is 2. The normalized spacial score (nSPS) is 10.1. The molecular weight excluding hydrogens is 214 g/mol. The second-order valence-electron chi connectivity index (χ2n) is 2.94. The van der Waals surface area contributed by atoms with Gasteiger partial charge in [-0.2, -0.15) is 0 Å². The summed E-state index contributed by atoms with van der Waals surface area (Å²) in [7, 11) is 0. The quantitative estimate of drug-likeness (QED) is 0.812. The summed E-state index contributed by atoms with van der Waals surface area (Å²) < 4.78 is 0. The SMILES string of the molecule is O=C(O)c1cc(-c2cc(=O)cc[nH]2)cs1. The lowest BCUT2D eigenvalue weighted by molar-refractivity contribution is 0.0702. The van der Waals surface area contributed by atoms with Crippen LogP contribution in [-0.4, -0.2) is 16.1 Å². The van der Waals surface area contributed by atoms with Crippen LogP contribution in [0.3, 0.4) is 0 Å². The minimum absolute atomic E-state index is 0.105. The summed E-state index contributed by atoms with van der Waals surface area (Å²) >= 11 is 1.14. The maximum atomic E-state index is 11.1. The van der Waals surface area contributed by atoms with Gasteiger partial charge in [-0.25, -0.2) is 4.79 Å². The number of H-pyrrole nitrogens is 1. The van der Waals surface area contributed by atoms with Gasteiger partial charge in [-0.3, -0.25) is 4.79 Å². The first-order chi connectivity index (χ1) is 7.16. The zero-order valence-electron chi connectivity index (χ0n) is 7.56. The lowest BCUT2D eigenvalue weighted by atomic mass is 10.2. The zero-order chi connectivity index (χ0) is 10.8. The van der Waals surface area contributed by atoms with E-state index in [0.29, 0.717) is 5.69 Å². The summed E-state index contributed by atoms with van der Waals surface area (Å²) in [6.07, 6.45) is 1.54. The number of hydrogen-bond donors (Lipinski definition) is 2. The van der Waals surface area contributed by atoms with Crippen LogP contribution in [0.1, 0.15) is 9.67 Å². The molecule has 2 heterocycles. The van der Waals surface area contributed by atoms with Crippen LogP contribution in [0.4, 0.5) is 0 Å². The second-order valence-corrected chi connectivity index (χ2v) is 3.85. The first-order valence-corrected chi connectivity index (χ1v) is 5.06. The molecule has 0 atom stereocenters. The van der Waals surface area contributed by atoms with Crippen molar-refractivity contribution in [1.82, 2.24) is 4.98 Å². The van der Waals surface area contributed by atoms with Gasteiger partial charge in [-0.05, 0) is 6.07 Å². The van der Waals surface area contributed by atoms with Gasteiger partial charge in [0.2, 0.25) is 0 Å². The summed E-state index contributed by atoms with van der Waals surface area (Å²) in [5.41, 5.74) is 1.24. The highest BCUT2D eigenvalue weighted by Crippen LogP contribution is 2.22. The molecule has 0 amide bonds. The van der Waals surface area contributed by atoms with Crippen molar-refractivity contribution in [1.29, 1.82) is 0 Å². The van der Waals surface area contributed by atoms with Gasteiger partial charge in [0.25, 0.3) is 0 Å². The molecule has 4 nitrogen and oxygen atoms in total. The van der Waals surface area contributed by atoms with Crippen LogP contribution in [0.2, 0.25) is 0 Å². The second kappa shape index (κ2) is 3.70. The van der Waals surface area contributed by atoms with E-state index in [0.717, 1.165) is 16.9 Å². The van der Waals surface area contributed by atoms with E-state index in [1.807, 2.05) is 0 Å². The van der Waals surface area contributed by atoms with Crippen molar-refractivity contribution < 1.29 is 9.90 Å². The Kier molecular flexibility index (Phi) is 2.39. The largest absolute Gasteiger partial charge is 0.477 e. The number of aromatic amines is 1. The molecule has 0 aliphatic rings. The molecule has 5 heteroatoms. The van der Waals surface area contributed by atoms with Gasteiger partial charge in [0.05, 0.1) is 5.69 Å². The topological polar surface area (TPSA) is 70.2 Å². The Hall–Kier alpha value is -1.88. The fraction of sp³-hybridized carbons (Fsp3) is 0. The number of aromatic carboxylic acids is 1. The lowest BCUT2D eigenvalue weighted by Crippen LogP contribution is -1.97. The van der Waals surface area contributed by atoms with E-state index in [-0.39, 0.29) is 10.3 Å². The van der Waals surface area contributed by atoms with Crippen LogP contribution in [-0.2, 0) is 0 Å². The van der Waals surface area contributed by atoms with Crippen LogP contribution in [0.15, 0.2) is 34.6 Å². The van der Waals surface area contributed by atoms with Gasteiger partial charge in [-0.1, -0.05) is 0 Å². The third kappa shape index (κ3) is 1.97. The fourth-order valence-electron chi connectivity index (χ4n) is 1.20. The van der Waals surface area contributed by atoms with Crippen molar-refractivity contribution >= 4 is 17.3 Å². The van der Waals surface area contributed by atoms with E-state index < -0.39 is 5.97 Å². The Balaban J connectivity index is 2.46. The number of carbonyl (C=O) groups is 1. The van der Waals surface area contributed by atoms with Crippen LogP contribution < -0.4 is 5.43 Å². The standard InChI is InChI=1S/C10H7NO3S/c12-7-1-2-11-8(4-7)6-3-9(10(13)14)15-5-6/h1-5H,(H,11,12)(H,13,14). The highest BCUT2D eigenvalue weighted by molar-refractivity contribution is 7.12. The zero-order valence-corrected chi connectivity index (χ0v) is 8.38. The van der Waals surface area contributed by atoms with Crippen LogP contribution in [0.5, 0.6) is 0 Å². The Morgan fingerprint density at radius 1 is 1.40 bits per heavy atom. The number of aromatic nitrogens is 1. The Labute approximate surface area is 88.8 Å². The van der Waals surface area contributed by atoms with E-state index in [1.54, 1.807) is 5.38 Å². The number of pyridine rings is 1. The van der Waals surface area contributed by atoms with E-state index in [4.69, 9.17) is 5.11 Å². The van der Waals surface area contributed by atoms with Crippen molar-refractivity contribution in [3.63, 3.8) is 0 Å². The summed E-state index contributed by atoms with van der Waals surface area (Å²) in [5.74, 6) is -0.954. The molecule has 0 unspecified atom stereocenters. The van der Waals surface area contributed by atoms with E-state index in [1.165, 1.54) is 24.4 Å². The highest BCUT2D eigenvalue weighted by atomic mass is 32.1. The third-order valence-corrected chi connectivity index (χ3v) is 2.81. The molecule has 0 spiro atoms. The highest BCUT2D eigenvalue weighted by Gasteiger charge is 2.08. The van der Waals surface area contributed by atoms with Crippen LogP contribution in [0.25, 0.3) is 11.3 Å². The predicted octanol–water partition coefficient (Wildman–Crippen LogP) is 1.80. The predicted molar refractivity (Wildman–Crippen MR) is 57.3 cm³/mol. The average Bonchev–Trinajstić information content (AvgIpc) is 2.66. The number of hydrogen-bond acceptors (Lipinski definition) is 3. The van der Waals surface area contributed by atoms with Gasteiger partial charge >= 0.3 is 5.97 Å². The fourth-order valence-corrected chi connectivity index (χ4v) is 1.95. The van der Waals surface area contributed by atoms with Gasteiger partial charge in [0, 0.05) is 29.3 Å². The Morgan fingerprint density at radius 2 is 2.20 bits per heavy atom. The van der Waals surface area contributed by atoms with Crippen molar-refractivity contribution in [3.8, 4) is 11.3 Å². The Morgan fingerprint density at radius 3 is 2.80 bits per heavy atom. The van der Waals surface area contributed by atoms with E-state index in [9.17, 15) is 9.59 Å². The maximum absolute atomic E-state index is 11.1. The third-order valence-electron chi connectivity index (χ3n) is 1.89. The smallest absolute Gasteiger partial charge is 0.345 e. The Bertz CT molecular complexity index is 556. The molecule has 2 N–H and O–H groups in total. The number of thiophene rings is 1. The van der Waals surface area contributed by atoms with Crippen molar-refractivity contribution in [3.05, 3.63) is 44.9 Å². The number of carboxylic acid groups (broad SMARTS) is 1. The minimum atomic E-state index is -0.954. The molecule has 0 saturated heterocycles. The molecule has 0 aliphatic carbocycles. The molecule has 2 aromatic rings. The molecule has 76 valence electrons.